The maximum Gasteiger partial charge on any atom is 0.119 e. The molecule has 0 bridgehead atoms. The molecule has 2 aromatic carbocycles. The average molecular weight is 287 g/mol. The molecule has 3 heteroatoms. The third-order valence-corrected chi connectivity index (χ3v) is 4.28. The van der Waals surface area contributed by atoms with Crippen molar-refractivity contribution in [1.82, 2.24) is 0 Å². The lowest BCUT2D eigenvalue weighted by atomic mass is 9.87. The van der Waals surface area contributed by atoms with Crippen molar-refractivity contribution >= 4 is 17.4 Å². The summed E-state index contributed by atoms with van der Waals surface area (Å²) in [7, 11) is 0. The van der Waals surface area contributed by atoms with Crippen LogP contribution in [-0.4, -0.2) is 5.11 Å². The molecule has 0 heterocycles. The van der Waals surface area contributed by atoms with E-state index in [1.54, 1.807) is 23.9 Å². The van der Waals surface area contributed by atoms with Crippen molar-refractivity contribution in [3.63, 3.8) is 0 Å². The first kappa shape index (κ1) is 14.8. The first-order chi connectivity index (χ1) is 9.36. The lowest BCUT2D eigenvalue weighted by molar-refractivity contribution is 0.471. The molecule has 2 rings (SSSR count). The maximum atomic E-state index is 9.79. The molecule has 2 nitrogen and oxygen atoms in total. The Morgan fingerprint density at radius 3 is 2.30 bits per heavy atom. The molecule has 0 aliphatic heterocycles. The van der Waals surface area contributed by atoms with Crippen LogP contribution >= 0.6 is 11.8 Å². The quantitative estimate of drug-likeness (QED) is 0.494. The van der Waals surface area contributed by atoms with Crippen molar-refractivity contribution in [2.24, 2.45) is 0 Å². The van der Waals surface area contributed by atoms with E-state index in [0.29, 0.717) is 17.2 Å². The lowest BCUT2D eigenvalue weighted by Gasteiger charge is -2.19. The van der Waals surface area contributed by atoms with Crippen LogP contribution in [0.15, 0.2) is 47.4 Å². The Labute approximate surface area is 125 Å². The third kappa shape index (κ3) is 3.70. The summed E-state index contributed by atoms with van der Waals surface area (Å²) in [6.07, 6.45) is 0. The zero-order valence-corrected chi connectivity index (χ0v) is 13.0. The van der Waals surface area contributed by atoms with Gasteiger partial charge in [-0.25, -0.2) is 0 Å². The van der Waals surface area contributed by atoms with Gasteiger partial charge >= 0.3 is 0 Å². The second kappa shape index (κ2) is 5.80. The van der Waals surface area contributed by atoms with E-state index < -0.39 is 0 Å². The van der Waals surface area contributed by atoms with Crippen molar-refractivity contribution in [2.45, 2.75) is 36.8 Å². The van der Waals surface area contributed by atoms with Gasteiger partial charge in [-0.1, -0.05) is 32.9 Å². The number of nitrogen functional groups attached to an aromatic ring is 1. The number of thioether (sulfide) groups is 1. The maximum absolute atomic E-state index is 9.79. The number of rotatable bonds is 3. The molecule has 0 aromatic heterocycles. The van der Waals surface area contributed by atoms with Crippen LogP contribution in [0.4, 0.5) is 5.69 Å². The monoisotopic (exact) mass is 287 g/mol. The van der Waals surface area contributed by atoms with Crippen LogP contribution < -0.4 is 5.73 Å². The zero-order valence-electron chi connectivity index (χ0n) is 12.2. The summed E-state index contributed by atoms with van der Waals surface area (Å²) in [6, 6.07) is 13.8. The van der Waals surface area contributed by atoms with E-state index in [4.69, 9.17) is 5.73 Å². The molecule has 0 atom stereocenters. The number of benzene rings is 2. The summed E-state index contributed by atoms with van der Waals surface area (Å²) in [6.45, 7) is 6.62. The van der Waals surface area contributed by atoms with Crippen LogP contribution in [0.5, 0.6) is 5.75 Å². The number of hydrogen-bond donors (Lipinski definition) is 2. The van der Waals surface area contributed by atoms with Gasteiger partial charge in [0.15, 0.2) is 0 Å². The molecule has 0 radical (unpaired) electrons. The van der Waals surface area contributed by atoms with Crippen LogP contribution in [0.1, 0.15) is 31.9 Å². The number of hydrogen-bond acceptors (Lipinski definition) is 3. The van der Waals surface area contributed by atoms with Crippen molar-refractivity contribution < 1.29 is 5.11 Å². The van der Waals surface area contributed by atoms with Gasteiger partial charge in [0, 0.05) is 21.9 Å². The minimum Gasteiger partial charge on any atom is -0.508 e. The highest BCUT2D eigenvalue weighted by Gasteiger charge is 2.12. The second-order valence-corrected chi connectivity index (χ2v) is 7.00. The first-order valence-corrected chi connectivity index (χ1v) is 7.65. The molecule has 3 N–H and O–H groups in total. The Bertz CT molecular complexity index is 585. The van der Waals surface area contributed by atoms with E-state index in [2.05, 4.69) is 45.0 Å². The molecular formula is C17H21NOS. The lowest BCUT2D eigenvalue weighted by Crippen LogP contribution is -2.10. The molecule has 0 saturated carbocycles. The van der Waals surface area contributed by atoms with Crippen molar-refractivity contribution in [2.75, 3.05) is 5.73 Å². The standard InChI is InChI=1S/C17H21NOS/c1-17(2,3)13-4-7-15(8-5-13)20-11-12-10-14(18)6-9-16(12)19/h4-10,19H,11,18H2,1-3H3. The van der Waals surface area contributed by atoms with Crippen molar-refractivity contribution in [3.8, 4) is 5.75 Å². The molecule has 106 valence electrons. The molecule has 0 amide bonds. The molecule has 0 aliphatic carbocycles. The summed E-state index contributed by atoms with van der Waals surface area (Å²) >= 11 is 1.70. The predicted octanol–water partition coefficient (Wildman–Crippen LogP) is 4.56. The fraction of sp³-hybridized carbons (Fsp3) is 0.294. The Kier molecular flexibility index (Phi) is 4.29. The fourth-order valence-corrected chi connectivity index (χ4v) is 2.82. The third-order valence-electron chi connectivity index (χ3n) is 3.22. The van der Waals surface area contributed by atoms with E-state index >= 15 is 0 Å². The highest BCUT2D eigenvalue weighted by molar-refractivity contribution is 7.98. The van der Waals surface area contributed by atoms with Gasteiger partial charge in [0.25, 0.3) is 0 Å². The van der Waals surface area contributed by atoms with Crippen molar-refractivity contribution in [3.05, 3.63) is 53.6 Å². The predicted molar refractivity (Wildman–Crippen MR) is 87.2 cm³/mol. The number of nitrogens with two attached hydrogens (primary N) is 1. The average Bonchev–Trinajstić information content (AvgIpc) is 2.39. The van der Waals surface area contributed by atoms with Crippen molar-refractivity contribution in [1.29, 1.82) is 0 Å². The van der Waals surface area contributed by atoms with E-state index in [1.807, 2.05) is 6.07 Å². The van der Waals surface area contributed by atoms with Gasteiger partial charge in [0.2, 0.25) is 0 Å². The highest BCUT2D eigenvalue weighted by Crippen LogP contribution is 2.30. The summed E-state index contributed by atoms with van der Waals surface area (Å²) in [5.74, 6) is 1.02. The Hall–Kier alpha value is -1.61. The highest BCUT2D eigenvalue weighted by atomic mass is 32.2. The van der Waals surface area contributed by atoms with Crippen LogP contribution in [0.3, 0.4) is 0 Å². The molecule has 2 aromatic rings. The topological polar surface area (TPSA) is 46.2 Å². The zero-order chi connectivity index (χ0) is 14.8. The Morgan fingerprint density at radius 1 is 1.05 bits per heavy atom. The van der Waals surface area contributed by atoms with E-state index in [-0.39, 0.29) is 5.41 Å². The molecule has 0 fully saturated rings. The first-order valence-electron chi connectivity index (χ1n) is 6.67. The SMILES string of the molecule is CC(C)(C)c1ccc(SCc2cc(N)ccc2O)cc1. The van der Waals surface area contributed by atoms with E-state index in [0.717, 1.165) is 5.56 Å². The second-order valence-electron chi connectivity index (χ2n) is 5.95. The van der Waals surface area contributed by atoms with E-state index in [1.165, 1.54) is 10.5 Å². The fourth-order valence-electron chi connectivity index (χ4n) is 1.93. The summed E-state index contributed by atoms with van der Waals surface area (Å²) < 4.78 is 0. The van der Waals surface area contributed by atoms with Gasteiger partial charge in [0.05, 0.1) is 0 Å². The normalized spacial score (nSPS) is 11.6. The van der Waals surface area contributed by atoms with Gasteiger partial charge < -0.3 is 10.8 Å². The number of phenolic OH excluding ortho intramolecular Hbond substituents is 1. The van der Waals surface area contributed by atoms with Gasteiger partial charge in [-0.05, 0) is 41.3 Å². The van der Waals surface area contributed by atoms with Crippen LogP contribution in [0.25, 0.3) is 0 Å². The van der Waals surface area contributed by atoms with Gasteiger partial charge in [-0.15, -0.1) is 11.8 Å². The van der Waals surface area contributed by atoms with Gasteiger partial charge in [0.1, 0.15) is 5.75 Å². The Morgan fingerprint density at radius 2 is 1.70 bits per heavy atom. The van der Waals surface area contributed by atoms with Gasteiger partial charge in [-0.2, -0.15) is 0 Å². The van der Waals surface area contributed by atoms with Crippen LogP contribution in [0.2, 0.25) is 0 Å². The smallest absolute Gasteiger partial charge is 0.119 e. The van der Waals surface area contributed by atoms with Crippen LogP contribution in [-0.2, 0) is 11.2 Å². The largest absolute Gasteiger partial charge is 0.508 e. The summed E-state index contributed by atoms with van der Waals surface area (Å²) in [5.41, 5.74) is 8.80. The number of aromatic hydroxyl groups is 1. The van der Waals surface area contributed by atoms with E-state index in [9.17, 15) is 5.11 Å². The van der Waals surface area contributed by atoms with Crippen LogP contribution in [0, 0.1) is 0 Å². The minimum absolute atomic E-state index is 0.176. The molecular weight excluding hydrogens is 266 g/mol. The van der Waals surface area contributed by atoms with Gasteiger partial charge in [-0.3, -0.25) is 0 Å². The minimum atomic E-state index is 0.176. The molecule has 0 aliphatic rings. The molecule has 0 spiro atoms. The molecule has 20 heavy (non-hydrogen) atoms. The number of anilines is 1. The molecule has 0 saturated heterocycles. The Balaban J connectivity index is 2.06. The summed E-state index contributed by atoms with van der Waals surface area (Å²) in [4.78, 5) is 1.19. The molecule has 0 unspecified atom stereocenters. The number of phenols is 1. The summed E-state index contributed by atoms with van der Waals surface area (Å²) in [5, 5.41) is 9.79.